The van der Waals surface area contributed by atoms with Gasteiger partial charge >= 0.3 is 0 Å². The molecule has 0 aliphatic heterocycles. The van der Waals surface area contributed by atoms with Gasteiger partial charge in [-0.1, -0.05) is 208 Å². The van der Waals surface area contributed by atoms with Crippen LogP contribution in [-0.4, -0.2) is 10.2 Å². The minimum absolute atomic E-state index is 0.00379. The number of phenols is 2. The first-order valence-corrected chi connectivity index (χ1v) is 23.2. The maximum absolute atomic E-state index is 11.3. The second-order valence-corrected chi connectivity index (χ2v) is 18.0. The first kappa shape index (κ1) is 41.5. The van der Waals surface area contributed by atoms with Gasteiger partial charge in [-0.2, -0.15) is 0 Å². The fourth-order valence-corrected chi connectivity index (χ4v) is 10.6. The Hall–Kier alpha value is -8.20. The van der Waals surface area contributed by atoms with E-state index in [1.807, 2.05) is 36.4 Å². The van der Waals surface area contributed by atoms with Crippen molar-refractivity contribution >= 4 is 0 Å². The molecular formula is C65H50O2. The molecule has 0 amide bonds. The first-order chi connectivity index (χ1) is 32.9. The molecular weight excluding hydrogens is 813 g/mol. The monoisotopic (exact) mass is 862 g/mol. The molecule has 0 radical (unpaired) electrons. The number of aromatic hydroxyl groups is 2. The van der Waals surface area contributed by atoms with E-state index in [0.29, 0.717) is 11.5 Å². The van der Waals surface area contributed by atoms with Gasteiger partial charge in [0.15, 0.2) is 0 Å². The van der Waals surface area contributed by atoms with Crippen LogP contribution in [-0.2, 0) is 5.41 Å². The van der Waals surface area contributed by atoms with Crippen LogP contribution in [0.25, 0.3) is 55.6 Å². The molecule has 10 aromatic rings. The lowest BCUT2D eigenvalue weighted by Gasteiger charge is -2.35. The van der Waals surface area contributed by atoms with E-state index in [-0.39, 0.29) is 11.8 Å². The average Bonchev–Trinajstić information content (AvgIpc) is 3.69. The number of phenolic OH excluding ortho intramolecular Hbond substituents is 2. The van der Waals surface area contributed by atoms with Crippen LogP contribution in [0.3, 0.4) is 0 Å². The Morgan fingerprint density at radius 3 is 1.03 bits per heavy atom. The zero-order valence-corrected chi connectivity index (χ0v) is 37.6. The molecule has 0 fully saturated rings. The Bertz CT molecular complexity index is 3160. The zero-order valence-electron chi connectivity index (χ0n) is 37.6. The minimum atomic E-state index is -0.763. The molecule has 67 heavy (non-hydrogen) atoms. The van der Waals surface area contributed by atoms with Crippen molar-refractivity contribution in [1.29, 1.82) is 0 Å². The molecule has 0 heterocycles. The first-order valence-electron chi connectivity index (χ1n) is 23.2. The minimum Gasteiger partial charge on any atom is -0.508 e. The molecule has 10 aromatic carbocycles. The SMILES string of the molecule is CC(c1ccccc1)c1cc(-c2cccc(C3(c4cccc(-c5ccc(O)c(C(C)c6ccccc6)c5)c4)c4cc(-c5ccccc5)ccc4-c4ccc(-c5ccccc5)cc43)c2)ccc1O. The van der Waals surface area contributed by atoms with Crippen molar-refractivity contribution in [2.45, 2.75) is 31.1 Å². The lowest BCUT2D eigenvalue weighted by molar-refractivity contribution is 0.465. The van der Waals surface area contributed by atoms with Crippen LogP contribution >= 0.6 is 0 Å². The summed E-state index contributed by atoms with van der Waals surface area (Å²) in [6.45, 7) is 4.32. The van der Waals surface area contributed by atoms with Crippen LogP contribution in [0.15, 0.2) is 243 Å². The Morgan fingerprint density at radius 2 is 0.627 bits per heavy atom. The molecule has 2 N–H and O–H groups in total. The number of hydrogen-bond donors (Lipinski definition) is 2. The van der Waals surface area contributed by atoms with E-state index >= 15 is 0 Å². The Labute approximate surface area is 393 Å². The molecule has 0 saturated heterocycles. The summed E-state index contributed by atoms with van der Waals surface area (Å²) in [6, 6.07) is 86.4. The third-order valence-corrected chi connectivity index (χ3v) is 14.2. The van der Waals surface area contributed by atoms with Gasteiger partial charge in [-0.3, -0.25) is 0 Å². The summed E-state index contributed by atoms with van der Waals surface area (Å²) in [5, 5.41) is 22.6. The predicted octanol–water partition coefficient (Wildman–Crippen LogP) is 16.4. The van der Waals surface area contributed by atoms with Gasteiger partial charge in [-0.25, -0.2) is 0 Å². The highest BCUT2D eigenvalue weighted by molar-refractivity contribution is 5.91. The van der Waals surface area contributed by atoms with E-state index in [4.69, 9.17) is 0 Å². The van der Waals surface area contributed by atoms with Crippen LogP contribution in [0, 0.1) is 0 Å². The highest BCUT2D eigenvalue weighted by Gasteiger charge is 2.47. The molecule has 0 bridgehead atoms. The van der Waals surface area contributed by atoms with Crippen molar-refractivity contribution in [3.63, 3.8) is 0 Å². The summed E-state index contributed by atoms with van der Waals surface area (Å²) < 4.78 is 0. The number of hydrogen-bond acceptors (Lipinski definition) is 2. The second kappa shape index (κ2) is 17.3. The molecule has 2 unspecified atom stereocenters. The quantitative estimate of drug-likeness (QED) is 0.144. The molecule has 0 spiro atoms. The molecule has 11 rings (SSSR count). The summed E-state index contributed by atoms with van der Waals surface area (Å²) in [4.78, 5) is 0. The van der Waals surface area contributed by atoms with Gasteiger partial charge in [0, 0.05) is 23.0 Å². The fourth-order valence-electron chi connectivity index (χ4n) is 10.6. The van der Waals surface area contributed by atoms with Gasteiger partial charge in [0.05, 0.1) is 5.41 Å². The van der Waals surface area contributed by atoms with Crippen molar-refractivity contribution in [1.82, 2.24) is 0 Å². The Morgan fingerprint density at radius 1 is 0.299 bits per heavy atom. The van der Waals surface area contributed by atoms with Crippen molar-refractivity contribution < 1.29 is 10.2 Å². The van der Waals surface area contributed by atoms with E-state index in [9.17, 15) is 10.2 Å². The zero-order chi connectivity index (χ0) is 45.5. The summed E-state index contributed by atoms with van der Waals surface area (Å²) in [7, 11) is 0. The molecule has 2 nitrogen and oxygen atoms in total. The third-order valence-electron chi connectivity index (χ3n) is 14.2. The molecule has 0 saturated carbocycles. The summed E-state index contributed by atoms with van der Waals surface area (Å²) >= 11 is 0. The van der Waals surface area contributed by atoms with Gasteiger partial charge in [-0.05, 0) is 138 Å². The number of fused-ring (bicyclic) bond motifs is 3. The van der Waals surface area contributed by atoms with Gasteiger partial charge in [0.1, 0.15) is 11.5 Å². The second-order valence-electron chi connectivity index (χ2n) is 18.0. The van der Waals surface area contributed by atoms with Crippen molar-refractivity contribution in [3.8, 4) is 67.1 Å². The maximum Gasteiger partial charge on any atom is 0.119 e. The largest absolute Gasteiger partial charge is 0.508 e. The standard InChI is InChI=1S/C65H50O2/c1-43(45-17-7-3-8-18-45)59-39-51(31-35-63(59)66)49-25-15-27-55(37-49)65(56-28-16-26-50(38-56)52-32-36-64(67)60(40-52)44(2)46-19-9-4-10-20-46)61-41-53(47-21-11-5-12-22-47)29-33-57(61)58-34-30-54(42-62(58)65)48-23-13-6-14-24-48/h3-44,66-67H,1-2H3. The summed E-state index contributed by atoms with van der Waals surface area (Å²) in [5.41, 5.74) is 19.3. The van der Waals surface area contributed by atoms with E-state index in [1.54, 1.807) is 0 Å². The van der Waals surface area contributed by atoms with Crippen LogP contribution < -0.4 is 0 Å². The molecule has 322 valence electrons. The lowest BCUT2D eigenvalue weighted by Crippen LogP contribution is -2.29. The topological polar surface area (TPSA) is 40.5 Å². The molecule has 1 aliphatic rings. The predicted molar refractivity (Wildman–Crippen MR) is 277 cm³/mol. The highest BCUT2D eigenvalue weighted by atomic mass is 16.3. The van der Waals surface area contributed by atoms with E-state index in [0.717, 1.165) is 77.9 Å². The van der Waals surface area contributed by atoms with Gasteiger partial charge in [-0.15, -0.1) is 0 Å². The molecule has 2 atom stereocenters. The van der Waals surface area contributed by atoms with Crippen LogP contribution in [0.5, 0.6) is 11.5 Å². The number of rotatable bonds is 10. The average molecular weight is 863 g/mol. The van der Waals surface area contributed by atoms with Gasteiger partial charge in [0.2, 0.25) is 0 Å². The maximum atomic E-state index is 11.3. The molecule has 1 aliphatic carbocycles. The van der Waals surface area contributed by atoms with E-state index in [2.05, 4.69) is 220 Å². The molecule has 2 heteroatoms. The highest BCUT2D eigenvalue weighted by Crippen LogP contribution is 2.58. The van der Waals surface area contributed by atoms with Crippen molar-refractivity contribution in [3.05, 3.63) is 287 Å². The normalized spacial score (nSPS) is 13.3. The van der Waals surface area contributed by atoms with Gasteiger partial charge in [0.25, 0.3) is 0 Å². The summed E-state index contributed by atoms with van der Waals surface area (Å²) in [5.74, 6) is 0.577. The Balaban J connectivity index is 1.17. The van der Waals surface area contributed by atoms with Crippen LogP contribution in [0.1, 0.15) is 70.2 Å². The van der Waals surface area contributed by atoms with Crippen LogP contribution in [0.4, 0.5) is 0 Å². The van der Waals surface area contributed by atoms with Crippen molar-refractivity contribution in [2.75, 3.05) is 0 Å². The molecule has 0 aromatic heterocycles. The summed E-state index contributed by atoms with van der Waals surface area (Å²) in [6.07, 6.45) is 0. The smallest absolute Gasteiger partial charge is 0.119 e. The fraction of sp³-hybridized carbons (Fsp3) is 0.0769. The van der Waals surface area contributed by atoms with Crippen molar-refractivity contribution in [2.24, 2.45) is 0 Å². The van der Waals surface area contributed by atoms with E-state index in [1.165, 1.54) is 22.3 Å². The lowest BCUT2D eigenvalue weighted by atomic mass is 9.66. The number of benzene rings is 10. The van der Waals surface area contributed by atoms with E-state index < -0.39 is 5.41 Å². The third kappa shape index (κ3) is 7.41. The Kier molecular flexibility index (Phi) is 10.7. The van der Waals surface area contributed by atoms with Gasteiger partial charge < -0.3 is 10.2 Å². The van der Waals surface area contributed by atoms with Crippen LogP contribution in [0.2, 0.25) is 0 Å².